The Morgan fingerprint density at radius 1 is 0.880 bits per heavy atom. The van der Waals surface area contributed by atoms with Crippen LogP contribution in [-0.4, -0.2) is 75.7 Å². The number of nitrogens with two attached hydrogens (primary N) is 1. The van der Waals surface area contributed by atoms with E-state index in [0.717, 1.165) is 16.3 Å². The maximum Gasteiger partial charge on any atom is 0.394 e. The van der Waals surface area contributed by atoms with Gasteiger partial charge >= 0.3 is 19.5 Å². The lowest BCUT2D eigenvalue weighted by Crippen LogP contribution is -2.57. The summed E-state index contributed by atoms with van der Waals surface area (Å²) >= 11 is 0. The van der Waals surface area contributed by atoms with Crippen LogP contribution in [0.1, 0.15) is 49.8 Å². The molecule has 0 bridgehead atoms. The van der Waals surface area contributed by atoms with Gasteiger partial charge in [0, 0.05) is 19.1 Å². The lowest BCUT2D eigenvalue weighted by atomic mass is 9.96. The van der Waals surface area contributed by atoms with Crippen LogP contribution in [-0.2, 0) is 47.5 Å². The van der Waals surface area contributed by atoms with E-state index in [2.05, 4.69) is 21.3 Å². The number of carbonyl (C=O) groups excluding carboxylic acids is 4. The van der Waals surface area contributed by atoms with Gasteiger partial charge in [-0.25, -0.2) is 4.79 Å². The number of amides is 4. The first-order valence-corrected chi connectivity index (χ1v) is 18.2. The minimum absolute atomic E-state index is 0.0491. The van der Waals surface area contributed by atoms with Crippen molar-refractivity contribution in [1.29, 1.82) is 0 Å². The molecule has 0 aromatic heterocycles. The number of hydrogen-bond donors (Lipinski definition) is 8. The Hall–Kier alpha value is -4.62. The Kier molecular flexibility index (Phi) is 15.1. The molecule has 4 atom stereocenters. The van der Waals surface area contributed by atoms with Crippen molar-refractivity contribution in [3.63, 3.8) is 0 Å². The van der Waals surface area contributed by atoms with Gasteiger partial charge in [-0.15, -0.1) is 0 Å². The van der Waals surface area contributed by atoms with Crippen molar-refractivity contribution in [2.45, 2.75) is 70.2 Å². The van der Waals surface area contributed by atoms with Crippen LogP contribution < -0.4 is 27.0 Å². The summed E-state index contributed by atoms with van der Waals surface area (Å²) in [6, 6.07) is 17.4. The zero-order chi connectivity index (χ0) is 36.8. The highest BCUT2D eigenvalue weighted by atomic mass is 31.2. The molecule has 4 amide bonds. The van der Waals surface area contributed by atoms with Crippen molar-refractivity contribution in [3.05, 3.63) is 83.4 Å². The third-order valence-corrected chi connectivity index (χ3v) is 9.12. The highest BCUT2D eigenvalue weighted by Gasteiger charge is 2.30. The van der Waals surface area contributed by atoms with E-state index in [1.54, 1.807) is 19.1 Å². The van der Waals surface area contributed by atoms with Crippen molar-refractivity contribution in [2.75, 3.05) is 13.1 Å². The van der Waals surface area contributed by atoms with Crippen LogP contribution in [0.5, 0.6) is 0 Å². The topological polar surface area (TPSA) is 237 Å². The van der Waals surface area contributed by atoms with Gasteiger partial charge in [-0.2, -0.15) is 0 Å². The molecule has 0 unspecified atom stereocenters. The number of carboxylic acids is 1. The van der Waals surface area contributed by atoms with Crippen LogP contribution >= 0.6 is 7.60 Å². The third-order valence-electron chi connectivity index (χ3n) is 8.34. The second-order valence-electron chi connectivity index (χ2n) is 12.4. The highest BCUT2D eigenvalue weighted by Crippen LogP contribution is 2.38. The summed E-state index contributed by atoms with van der Waals surface area (Å²) in [5.41, 5.74) is 7.60. The lowest BCUT2D eigenvalue weighted by molar-refractivity contribution is -0.150. The van der Waals surface area contributed by atoms with Crippen molar-refractivity contribution < 1.29 is 43.4 Å². The van der Waals surface area contributed by atoms with E-state index >= 15 is 0 Å². The average molecular weight is 712 g/mol. The molecule has 0 heterocycles. The minimum atomic E-state index is -4.28. The van der Waals surface area contributed by atoms with Gasteiger partial charge in [0.25, 0.3) is 0 Å². The number of nitrogens with one attached hydrogen (secondary N) is 4. The van der Waals surface area contributed by atoms with E-state index in [1.807, 2.05) is 49.4 Å². The Morgan fingerprint density at radius 3 is 2.18 bits per heavy atom. The SMILES string of the molecule is CC[C@@H](C)[C@H](NC[C@H](Cc1ccc(CP(=O)(O)O)cc1)NC(=O)C(=O)O)C(=O)N[C@@H](CC(N)=O)C(=O)NCCCc1cccc2ccccc12. The molecule has 0 saturated heterocycles. The first-order valence-electron chi connectivity index (χ1n) is 16.4. The summed E-state index contributed by atoms with van der Waals surface area (Å²) in [7, 11) is -4.28. The lowest BCUT2D eigenvalue weighted by Gasteiger charge is -2.28. The fourth-order valence-corrected chi connectivity index (χ4v) is 6.26. The second kappa shape index (κ2) is 19.0. The van der Waals surface area contributed by atoms with E-state index in [-0.39, 0.29) is 18.9 Å². The normalized spacial score (nSPS) is 13.8. The molecule has 0 fully saturated rings. The van der Waals surface area contributed by atoms with Gasteiger partial charge in [0.2, 0.25) is 17.7 Å². The quantitative estimate of drug-likeness (QED) is 0.0509. The molecule has 0 spiro atoms. The summed E-state index contributed by atoms with van der Waals surface area (Å²) in [5, 5.41) is 22.4. The Labute approximate surface area is 290 Å². The number of aryl methyl sites for hydroxylation is 1. The molecular weight excluding hydrogens is 665 g/mol. The summed E-state index contributed by atoms with van der Waals surface area (Å²) in [4.78, 5) is 80.5. The van der Waals surface area contributed by atoms with Crippen molar-refractivity contribution in [1.82, 2.24) is 21.3 Å². The van der Waals surface area contributed by atoms with Crippen LogP contribution in [0.25, 0.3) is 10.8 Å². The molecule has 50 heavy (non-hydrogen) atoms. The maximum atomic E-state index is 13.6. The Morgan fingerprint density at radius 2 is 1.54 bits per heavy atom. The van der Waals surface area contributed by atoms with Gasteiger partial charge in [-0.1, -0.05) is 87.0 Å². The largest absolute Gasteiger partial charge is 0.474 e. The highest BCUT2D eigenvalue weighted by molar-refractivity contribution is 7.50. The molecule has 0 saturated carbocycles. The van der Waals surface area contributed by atoms with Crippen molar-refractivity contribution in [3.8, 4) is 0 Å². The number of carboxylic acid groups (broad SMARTS) is 1. The third kappa shape index (κ3) is 13.0. The van der Waals surface area contributed by atoms with Gasteiger partial charge < -0.3 is 41.9 Å². The summed E-state index contributed by atoms with van der Waals surface area (Å²) in [6.07, 6.45) is 1.11. The molecule has 9 N–H and O–H groups in total. The Bertz CT molecular complexity index is 1690. The molecule has 15 heteroatoms. The molecule has 0 aliphatic rings. The smallest absolute Gasteiger partial charge is 0.394 e. The summed E-state index contributed by atoms with van der Waals surface area (Å²) in [6.45, 7) is 3.91. The van der Waals surface area contributed by atoms with Crippen molar-refractivity contribution in [2.24, 2.45) is 11.7 Å². The van der Waals surface area contributed by atoms with E-state index in [0.29, 0.717) is 36.9 Å². The fourth-order valence-electron chi connectivity index (χ4n) is 5.58. The van der Waals surface area contributed by atoms with Gasteiger partial charge in [-0.3, -0.25) is 23.7 Å². The zero-order valence-electron chi connectivity index (χ0n) is 28.1. The monoisotopic (exact) mass is 711 g/mol. The van der Waals surface area contributed by atoms with E-state index in [4.69, 9.17) is 5.73 Å². The van der Waals surface area contributed by atoms with E-state index in [9.17, 15) is 43.4 Å². The predicted octanol–water partition coefficient (Wildman–Crippen LogP) is 1.74. The number of benzene rings is 3. The molecule has 14 nitrogen and oxygen atoms in total. The molecule has 3 aromatic rings. The molecule has 270 valence electrons. The molecule has 0 radical (unpaired) electrons. The first-order chi connectivity index (χ1) is 23.7. The van der Waals surface area contributed by atoms with Gasteiger partial charge in [0.1, 0.15) is 6.04 Å². The minimum Gasteiger partial charge on any atom is -0.474 e. The average Bonchev–Trinajstić information content (AvgIpc) is 3.06. The number of primary amides is 1. The summed E-state index contributed by atoms with van der Waals surface area (Å²) < 4.78 is 11.3. The number of carbonyl (C=O) groups is 5. The summed E-state index contributed by atoms with van der Waals surface area (Å²) in [5.74, 6) is -5.15. The van der Waals surface area contributed by atoms with Crippen LogP contribution in [0.4, 0.5) is 0 Å². The van der Waals surface area contributed by atoms with Gasteiger partial charge in [-0.05, 0) is 52.6 Å². The standard InChI is InChI=1S/C35H46N5O9P/c1-3-22(2)31(38-20-27(39-34(44)35(45)46)18-23-13-15-24(16-14-23)21-50(47,48)49)33(43)40-29(19-30(36)41)32(42)37-17-7-11-26-10-6-9-25-8-4-5-12-28(25)26/h4-6,8-10,12-16,22,27,29,31,38H,3,7,11,17-21H2,1-2H3,(H2,36,41)(H,37,42)(H,39,44)(H,40,43)(H,45,46)(H2,47,48,49)/t22-,27+,29+,31+/m1/s1. The van der Waals surface area contributed by atoms with Gasteiger partial charge in [0.15, 0.2) is 0 Å². The number of aliphatic carboxylic acids is 1. The number of fused-ring (bicyclic) bond motifs is 1. The first kappa shape index (κ1) is 39.8. The van der Waals surface area contributed by atoms with E-state index in [1.165, 1.54) is 12.1 Å². The van der Waals surface area contributed by atoms with Crippen LogP contribution in [0, 0.1) is 5.92 Å². The van der Waals surface area contributed by atoms with Crippen molar-refractivity contribution >= 4 is 48.0 Å². The fraction of sp³-hybridized carbons (Fsp3) is 0.400. The van der Waals surface area contributed by atoms with Gasteiger partial charge in [0.05, 0.1) is 18.6 Å². The van der Waals surface area contributed by atoms with Crippen LogP contribution in [0.2, 0.25) is 0 Å². The predicted molar refractivity (Wildman–Crippen MR) is 188 cm³/mol. The van der Waals surface area contributed by atoms with Crippen LogP contribution in [0.15, 0.2) is 66.7 Å². The zero-order valence-corrected chi connectivity index (χ0v) is 29.0. The molecule has 3 aromatic carbocycles. The second-order valence-corrected chi connectivity index (χ2v) is 14.0. The molecule has 0 aliphatic heterocycles. The van der Waals surface area contributed by atoms with E-state index < -0.39 is 67.9 Å². The molecule has 3 rings (SSSR count). The molecule has 0 aliphatic carbocycles. The molecular formula is C35H46N5O9P. The van der Waals surface area contributed by atoms with Crippen LogP contribution in [0.3, 0.4) is 0 Å². The number of rotatable bonds is 19. The number of hydrogen-bond acceptors (Lipinski definition) is 7. The Balaban J connectivity index is 1.66. The maximum absolute atomic E-state index is 13.6.